The number of Topliss-reactive ketones (excluding diaryl/α,β-unsaturated/α-hetero) is 1. The molecule has 0 saturated carbocycles. The lowest BCUT2D eigenvalue weighted by Crippen LogP contribution is -2.35. The van der Waals surface area contributed by atoms with Crippen LogP contribution in [-0.2, 0) is 0 Å². The first-order chi connectivity index (χ1) is 6.52. The van der Waals surface area contributed by atoms with E-state index in [2.05, 4.69) is 0 Å². The molecule has 2 N–H and O–H groups in total. The Morgan fingerprint density at radius 2 is 2.07 bits per heavy atom. The van der Waals surface area contributed by atoms with Crippen LogP contribution < -0.4 is 5.73 Å². The van der Waals surface area contributed by atoms with Crippen molar-refractivity contribution >= 4 is 5.78 Å². The zero-order valence-electron chi connectivity index (χ0n) is 8.33. The minimum absolute atomic E-state index is 0.0609. The standard InChI is InChI=1S/C11H14FNO/c1-7(2)10(13)11(14)8-4-3-5-9(12)6-8/h3-7,10H,13H2,1-2H3. The van der Waals surface area contributed by atoms with Crippen molar-refractivity contribution in [1.82, 2.24) is 0 Å². The molecule has 1 aromatic rings. The van der Waals surface area contributed by atoms with Crippen LogP contribution in [0.15, 0.2) is 24.3 Å². The summed E-state index contributed by atoms with van der Waals surface area (Å²) < 4.78 is 12.8. The van der Waals surface area contributed by atoms with Crippen molar-refractivity contribution in [3.05, 3.63) is 35.6 Å². The highest BCUT2D eigenvalue weighted by molar-refractivity contribution is 6.00. The van der Waals surface area contributed by atoms with Crippen LogP contribution in [0.3, 0.4) is 0 Å². The van der Waals surface area contributed by atoms with E-state index in [1.807, 2.05) is 13.8 Å². The van der Waals surface area contributed by atoms with Crippen LogP contribution in [0, 0.1) is 11.7 Å². The zero-order valence-corrected chi connectivity index (χ0v) is 8.33. The monoisotopic (exact) mass is 195 g/mol. The van der Waals surface area contributed by atoms with Crippen LogP contribution in [-0.4, -0.2) is 11.8 Å². The minimum atomic E-state index is -0.559. The van der Waals surface area contributed by atoms with Gasteiger partial charge in [0, 0.05) is 5.56 Å². The van der Waals surface area contributed by atoms with Gasteiger partial charge in [-0.3, -0.25) is 4.79 Å². The molecule has 1 unspecified atom stereocenters. The van der Waals surface area contributed by atoms with Gasteiger partial charge >= 0.3 is 0 Å². The summed E-state index contributed by atoms with van der Waals surface area (Å²) in [5, 5.41) is 0. The van der Waals surface area contributed by atoms with E-state index >= 15 is 0 Å². The molecule has 1 atom stereocenters. The molecule has 0 saturated heterocycles. The van der Waals surface area contributed by atoms with Crippen molar-refractivity contribution in [3.63, 3.8) is 0 Å². The molecule has 1 aromatic carbocycles. The molecule has 14 heavy (non-hydrogen) atoms. The summed E-state index contributed by atoms with van der Waals surface area (Å²) in [4.78, 5) is 11.6. The quantitative estimate of drug-likeness (QED) is 0.749. The predicted molar refractivity (Wildman–Crippen MR) is 53.5 cm³/mol. The fourth-order valence-electron chi connectivity index (χ4n) is 1.14. The molecule has 0 bridgehead atoms. The number of carbonyl (C=O) groups is 1. The summed E-state index contributed by atoms with van der Waals surface area (Å²) in [5.41, 5.74) is 6.01. The van der Waals surface area contributed by atoms with Crippen molar-refractivity contribution < 1.29 is 9.18 Å². The molecule has 3 heteroatoms. The Hall–Kier alpha value is -1.22. The van der Waals surface area contributed by atoms with E-state index < -0.39 is 11.9 Å². The molecule has 2 nitrogen and oxygen atoms in total. The first kappa shape index (κ1) is 10.9. The van der Waals surface area contributed by atoms with Crippen molar-refractivity contribution in [1.29, 1.82) is 0 Å². The van der Waals surface area contributed by atoms with Gasteiger partial charge in [0.25, 0.3) is 0 Å². The molecular formula is C11H14FNO. The summed E-state index contributed by atoms with van der Waals surface area (Å²) >= 11 is 0. The molecule has 1 rings (SSSR count). The maximum atomic E-state index is 12.8. The van der Waals surface area contributed by atoms with Gasteiger partial charge in [-0.15, -0.1) is 0 Å². The lowest BCUT2D eigenvalue weighted by molar-refractivity contribution is 0.0940. The highest BCUT2D eigenvalue weighted by Gasteiger charge is 2.18. The SMILES string of the molecule is CC(C)C(N)C(=O)c1cccc(F)c1. The Labute approximate surface area is 82.9 Å². The number of hydrogen-bond acceptors (Lipinski definition) is 2. The Balaban J connectivity index is 2.89. The fraction of sp³-hybridized carbons (Fsp3) is 0.364. The van der Waals surface area contributed by atoms with E-state index in [1.54, 1.807) is 6.07 Å². The minimum Gasteiger partial charge on any atom is -0.321 e. The molecule has 0 fully saturated rings. The second-order valence-corrected chi connectivity index (χ2v) is 3.64. The average Bonchev–Trinajstić information content (AvgIpc) is 2.15. The molecule has 0 radical (unpaired) electrons. The first-order valence-electron chi connectivity index (χ1n) is 4.57. The number of hydrogen-bond donors (Lipinski definition) is 1. The van der Waals surface area contributed by atoms with Gasteiger partial charge in [0.05, 0.1) is 6.04 Å². The third kappa shape index (κ3) is 2.39. The number of nitrogens with two attached hydrogens (primary N) is 1. The average molecular weight is 195 g/mol. The number of benzene rings is 1. The number of halogens is 1. The Bertz CT molecular complexity index is 336. The van der Waals surface area contributed by atoms with Crippen molar-refractivity contribution in [3.8, 4) is 0 Å². The Morgan fingerprint density at radius 1 is 1.43 bits per heavy atom. The van der Waals surface area contributed by atoms with Crippen LogP contribution in [0.2, 0.25) is 0 Å². The maximum absolute atomic E-state index is 12.8. The van der Waals surface area contributed by atoms with E-state index in [9.17, 15) is 9.18 Å². The second kappa shape index (κ2) is 4.33. The lowest BCUT2D eigenvalue weighted by Gasteiger charge is -2.13. The van der Waals surface area contributed by atoms with E-state index in [4.69, 9.17) is 5.73 Å². The van der Waals surface area contributed by atoms with E-state index in [0.29, 0.717) is 5.56 Å². The first-order valence-corrected chi connectivity index (χ1v) is 4.57. The van der Waals surface area contributed by atoms with Gasteiger partial charge in [-0.25, -0.2) is 4.39 Å². The van der Waals surface area contributed by atoms with Gasteiger partial charge < -0.3 is 5.73 Å². The highest BCUT2D eigenvalue weighted by atomic mass is 19.1. The van der Waals surface area contributed by atoms with E-state index in [0.717, 1.165) is 0 Å². The normalized spacial score (nSPS) is 12.9. The molecule has 0 spiro atoms. The largest absolute Gasteiger partial charge is 0.321 e. The van der Waals surface area contributed by atoms with Gasteiger partial charge in [0.1, 0.15) is 5.82 Å². The summed E-state index contributed by atoms with van der Waals surface area (Å²) in [6, 6.07) is 5.04. The molecule has 0 aliphatic heterocycles. The third-order valence-corrected chi connectivity index (χ3v) is 2.13. The zero-order chi connectivity index (χ0) is 10.7. The summed E-state index contributed by atoms with van der Waals surface area (Å²) in [6.07, 6.45) is 0. The Morgan fingerprint density at radius 3 is 2.57 bits per heavy atom. The van der Waals surface area contributed by atoms with Crippen LogP contribution in [0.1, 0.15) is 24.2 Å². The van der Waals surface area contributed by atoms with E-state index in [-0.39, 0.29) is 11.7 Å². The maximum Gasteiger partial charge on any atom is 0.179 e. The van der Waals surface area contributed by atoms with Crippen LogP contribution >= 0.6 is 0 Å². The van der Waals surface area contributed by atoms with Crippen LogP contribution in [0.25, 0.3) is 0 Å². The van der Waals surface area contributed by atoms with Crippen LogP contribution in [0.4, 0.5) is 4.39 Å². The predicted octanol–water partition coefficient (Wildman–Crippen LogP) is 1.99. The molecule has 0 aliphatic carbocycles. The van der Waals surface area contributed by atoms with Gasteiger partial charge in [-0.05, 0) is 18.1 Å². The molecule has 0 heterocycles. The molecule has 0 aliphatic rings. The van der Waals surface area contributed by atoms with Gasteiger partial charge in [0.15, 0.2) is 5.78 Å². The van der Waals surface area contributed by atoms with Crippen molar-refractivity contribution in [2.45, 2.75) is 19.9 Å². The Kier molecular flexibility index (Phi) is 3.36. The number of ketones is 1. The molecule has 0 amide bonds. The smallest absolute Gasteiger partial charge is 0.179 e. The molecular weight excluding hydrogens is 181 g/mol. The number of rotatable bonds is 3. The summed E-state index contributed by atoms with van der Waals surface area (Å²) in [7, 11) is 0. The van der Waals surface area contributed by atoms with Crippen molar-refractivity contribution in [2.24, 2.45) is 11.7 Å². The van der Waals surface area contributed by atoms with Gasteiger partial charge in [0.2, 0.25) is 0 Å². The molecule has 0 aromatic heterocycles. The second-order valence-electron chi connectivity index (χ2n) is 3.64. The molecule has 76 valence electrons. The van der Waals surface area contributed by atoms with Crippen LogP contribution in [0.5, 0.6) is 0 Å². The fourth-order valence-corrected chi connectivity index (χ4v) is 1.14. The highest BCUT2D eigenvalue weighted by Crippen LogP contribution is 2.10. The summed E-state index contributed by atoms with van der Waals surface area (Å²) in [6.45, 7) is 3.73. The lowest BCUT2D eigenvalue weighted by atomic mass is 9.96. The van der Waals surface area contributed by atoms with Gasteiger partial charge in [-0.1, -0.05) is 26.0 Å². The third-order valence-electron chi connectivity index (χ3n) is 2.13. The van der Waals surface area contributed by atoms with E-state index in [1.165, 1.54) is 18.2 Å². The van der Waals surface area contributed by atoms with Crippen molar-refractivity contribution in [2.75, 3.05) is 0 Å². The summed E-state index contributed by atoms with van der Waals surface area (Å²) in [5.74, 6) is -0.558. The van der Waals surface area contributed by atoms with Gasteiger partial charge in [-0.2, -0.15) is 0 Å². The topological polar surface area (TPSA) is 43.1 Å². The number of carbonyl (C=O) groups excluding carboxylic acids is 1.